The number of carboxylic acid groups (broad SMARTS) is 2. The second kappa shape index (κ2) is 10.2. The summed E-state index contributed by atoms with van der Waals surface area (Å²) in [4.78, 5) is 31.2. The summed E-state index contributed by atoms with van der Waals surface area (Å²) in [6.07, 6.45) is 1.12. The number of hydrogen-bond donors (Lipinski definition) is 3. The van der Waals surface area contributed by atoms with E-state index in [4.69, 9.17) is 33.4 Å². The molecule has 0 heterocycles. The van der Waals surface area contributed by atoms with Gasteiger partial charge in [-0.05, 0) is 45.9 Å². The van der Waals surface area contributed by atoms with Gasteiger partial charge in [-0.2, -0.15) is 0 Å². The number of carbonyl (C=O) groups excluding carboxylic acids is 1. The fraction of sp³-hybridized carbons (Fsp3) is 0.353. The first-order valence-electron chi connectivity index (χ1n) is 7.24. The number of Topliss-reactive ketones (excluding diaryl/α,β-unsaturated/α-hetero) is 1. The summed E-state index contributed by atoms with van der Waals surface area (Å²) >= 11 is 11.7. The van der Waals surface area contributed by atoms with Gasteiger partial charge in [-0.1, -0.05) is 23.2 Å². The van der Waals surface area contributed by atoms with Gasteiger partial charge in [0.2, 0.25) is 0 Å². The van der Waals surface area contributed by atoms with Crippen molar-refractivity contribution in [2.75, 3.05) is 0 Å². The maximum atomic E-state index is 12.1. The Balaban J connectivity index is 0.000000609. The van der Waals surface area contributed by atoms with E-state index >= 15 is 0 Å². The fourth-order valence-corrected chi connectivity index (χ4v) is 2.06. The van der Waals surface area contributed by atoms with Crippen molar-refractivity contribution in [3.63, 3.8) is 0 Å². The topological polar surface area (TPSA) is 104 Å². The molecule has 6 nitrogen and oxygen atoms in total. The summed E-state index contributed by atoms with van der Waals surface area (Å²) in [7, 11) is 0. The highest BCUT2D eigenvalue weighted by atomic mass is 35.5. The molecule has 1 atom stereocenters. The minimum Gasteiger partial charge on any atom is -0.478 e. The Morgan fingerprint density at radius 1 is 1.04 bits per heavy atom. The molecular weight excluding hydrogens is 369 g/mol. The van der Waals surface area contributed by atoms with Crippen LogP contribution in [0.25, 0.3) is 0 Å². The molecule has 0 aliphatic rings. The van der Waals surface area contributed by atoms with Crippen molar-refractivity contribution in [3.8, 4) is 0 Å². The van der Waals surface area contributed by atoms with Crippen molar-refractivity contribution >= 4 is 40.9 Å². The SMILES string of the molecule is CC(NC(C)(C)C)C(=O)c1ccc(Cl)c(Cl)c1.O=C(O)C=CC(=O)O. The van der Waals surface area contributed by atoms with E-state index in [-0.39, 0.29) is 17.4 Å². The molecule has 1 unspecified atom stereocenters. The van der Waals surface area contributed by atoms with Crippen LogP contribution in [0.4, 0.5) is 0 Å². The molecule has 0 aromatic heterocycles. The largest absolute Gasteiger partial charge is 0.478 e. The summed E-state index contributed by atoms with van der Waals surface area (Å²) in [6, 6.07) is 4.68. The van der Waals surface area contributed by atoms with Crippen LogP contribution in [0.5, 0.6) is 0 Å². The second-order valence-electron chi connectivity index (χ2n) is 6.12. The first-order valence-corrected chi connectivity index (χ1v) is 8.00. The van der Waals surface area contributed by atoms with Crippen molar-refractivity contribution in [1.82, 2.24) is 5.32 Å². The van der Waals surface area contributed by atoms with Crippen LogP contribution >= 0.6 is 23.2 Å². The van der Waals surface area contributed by atoms with Gasteiger partial charge in [0, 0.05) is 23.3 Å². The van der Waals surface area contributed by atoms with E-state index < -0.39 is 11.9 Å². The lowest BCUT2D eigenvalue weighted by Gasteiger charge is -2.25. The van der Waals surface area contributed by atoms with E-state index in [0.717, 1.165) is 0 Å². The molecule has 0 aliphatic heterocycles. The van der Waals surface area contributed by atoms with Gasteiger partial charge in [0.15, 0.2) is 5.78 Å². The highest BCUT2D eigenvalue weighted by molar-refractivity contribution is 6.42. The molecule has 3 N–H and O–H groups in total. The number of nitrogens with one attached hydrogen (secondary N) is 1. The molecule has 1 aromatic rings. The van der Waals surface area contributed by atoms with Gasteiger partial charge in [0.05, 0.1) is 16.1 Å². The molecule has 0 saturated carbocycles. The van der Waals surface area contributed by atoms with Crippen LogP contribution in [-0.2, 0) is 9.59 Å². The average molecular weight is 390 g/mol. The van der Waals surface area contributed by atoms with Gasteiger partial charge in [-0.3, -0.25) is 4.79 Å². The molecule has 1 rings (SSSR count). The normalized spacial score (nSPS) is 12.2. The minimum atomic E-state index is -1.26. The van der Waals surface area contributed by atoms with Gasteiger partial charge in [-0.25, -0.2) is 9.59 Å². The Kier molecular flexibility index (Phi) is 9.41. The van der Waals surface area contributed by atoms with Gasteiger partial charge >= 0.3 is 11.9 Å². The van der Waals surface area contributed by atoms with Crippen molar-refractivity contribution in [3.05, 3.63) is 46.0 Å². The highest BCUT2D eigenvalue weighted by Gasteiger charge is 2.21. The molecular formula is C17H21Cl2NO5. The summed E-state index contributed by atoms with van der Waals surface area (Å²) in [5, 5.41) is 19.7. The Morgan fingerprint density at radius 2 is 1.52 bits per heavy atom. The molecule has 0 spiro atoms. The summed E-state index contributed by atoms with van der Waals surface area (Å²) < 4.78 is 0. The number of carboxylic acids is 2. The number of ketones is 1. The predicted molar refractivity (Wildman–Crippen MR) is 97.6 cm³/mol. The predicted octanol–water partition coefficient (Wildman–Crippen LogP) is 3.66. The minimum absolute atomic E-state index is 0.0125. The number of carbonyl (C=O) groups is 3. The zero-order valence-electron chi connectivity index (χ0n) is 14.3. The van der Waals surface area contributed by atoms with Gasteiger partial charge in [0.25, 0.3) is 0 Å². The highest BCUT2D eigenvalue weighted by Crippen LogP contribution is 2.23. The quantitative estimate of drug-likeness (QED) is 0.524. The molecule has 8 heteroatoms. The number of rotatable bonds is 5. The van der Waals surface area contributed by atoms with Gasteiger partial charge < -0.3 is 15.5 Å². The molecule has 0 amide bonds. The zero-order valence-corrected chi connectivity index (χ0v) is 15.9. The van der Waals surface area contributed by atoms with Crippen molar-refractivity contribution in [1.29, 1.82) is 0 Å². The van der Waals surface area contributed by atoms with Crippen molar-refractivity contribution in [2.45, 2.75) is 39.3 Å². The summed E-state index contributed by atoms with van der Waals surface area (Å²) in [6.45, 7) is 7.90. The van der Waals surface area contributed by atoms with Crippen LogP contribution in [0.15, 0.2) is 30.4 Å². The van der Waals surface area contributed by atoms with Crippen molar-refractivity contribution in [2.24, 2.45) is 0 Å². The van der Waals surface area contributed by atoms with Crippen LogP contribution in [0.1, 0.15) is 38.1 Å². The zero-order chi connectivity index (χ0) is 19.8. The van der Waals surface area contributed by atoms with Crippen molar-refractivity contribution < 1.29 is 24.6 Å². The van der Waals surface area contributed by atoms with Crippen LogP contribution in [0, 0.1) is 0 Å². The Hall–Kier alpha value is -1.89. The third-order valence-corrected chi connectivity index (χ3v) is 3.35. The lowest BCUT2D eigenvalue weighted by Crippen LogP contribution is -2.46. The maximum absolute atomic E-state index is 12.1. The molecule has 0 radical (unpaired) electrons. The average Bonchev–Trinajstić information content (AvgIpc) is 2.46. The van der Waals surface area contributed by atoms with Gasteiger partial charge in [0.1, 0.15) is 0 Å². The number of benzene rings is 1. The first kappa shape index (κ1) is 23.1. The maximum Gasteiger partial charge on any atom is 0.328 e. The number of halogens is 2. The van der Waals surface area contributed by atoms with Crippen LogP contribution in [0.3, 0.4) is 0 Å². The van der Waals surface area contributed by atoms with Crippen LogP contribution < -0.4 is 5.32 Å². The Labute approximate surface area is 156 Å². The molecule has 0 bridgehead atoms. The van der Waals surface area contributed by atoms with E-state index in [1.165, 1.54) is 0 Å². The summed E-state index contributed by atoms with van der Waals surface area (Å²) in [5.41, 5.74) is 0.467. The smallest absolute Gasteiger partial charge is 0.328 e. The Bertz CT molecular complexity index is 649. The summed E-state index contributed by atoms with van der Waals surface area (Å²) in [5.74, 6) is -2.50. The number of aliphatic carboxylic acids is 2. The monoisotopic (exact) mass is 389 g/mol. The van der Waals surface area contributed by atoms with E-state index in [1.54, 1.807) is 18.2 Å². The first-order chi connectivity index (χ1) is 11.3. The number of hydrogen-bond acceptors (Lipinski definition) is 4. The van der Waals surface area contributed by atoms with Gasteiger partial charge in [-0.15, -0.1) is 0 Å². The third-order valence-electron chi connectivity index (χ3n) is 2.62. The molecule has 138 valence electrons. The molecule has 0 saturated heterocycles. The molecule has 1 aromatic carbocycles. The fourth-order valence-electron chi connectivity index (χ4n) is 1.76. The van der Waals surface area contributed by atoms with Crippen LogP contribution in [-0.4, -0.2) is 39.5 Å². The molecule has 0 aliphatic carbocycles. The lowest BCUT2D eigenvalue weighted by atomic mass is 10.0. The van der Waals surface area contributed by atoms with E-state index in [2.05, 4.69) is 5.32 Å². The third kappa shape index (κ3) is 10.6. The lowest BCUT2D eigenvalue weighted by molar-refractivity contribution is -0.134. The molecule has 0 fully saturated rings. The van der Waals surface area contributed by atoms with E-state index in [1.807, 2.05) is 27.7 Å². The van der Waals surface area contributed by atoms with Crippen LogP contribution in [0.2, 0.25) is 10.0 Å². The molecule has 25 heavy (non-hydrogen) atoms. The Morgan fingerprint density at radius 3 is 1.88 bits per heavy atom. The second-order valence-corrected chi connectivity index (χ2v) is 6.93. The standard InChI is InChI=1S/C13H17Cl2NO.C4H4O4/c1-8(16-13(2,3)4)12(17)9-5-6-10(14)11(15)7-9;5-3(6)1-2-4(7)8/h5-8,16H,1-4H3;1-2H,(H,5,6)(H,7,8). The van der Waals surface area contributed by atoms with E-state index in [9.17, 15) is 14.4 Å². The van der Waals surface area contributed by atoms with E-state index in [0.29, 0.717) is 27.8 Å².